The molecule has 0 atom stereocenters. The van der Waals surface area contributed by atoms with Gasteiger partial charge in [0.25, 0.3) is 0 Å². The summed E-state index contributed by atoms with van der Waals surface area (Å²) in [6.45, 7) is 14.4. The number of benzene rings is 16. The number of anilines is 6. The summed E-state index contributed by atoms with van der Waals surface area (Å²) in [5.41, 5.74) is 25.8. The van der Waals surface area contributed by atoms with Crippen LogP contribution in [0.5, 0.6) is 0 Å². The minimum absolute atomic E-state index is 0.0153. The molecule has 0 spiro atoms. The van der Waals surface area contributed by atoms with Gasteiger partial charge >= 0.3 is 0 Å². The van der Waals surface area contributed by atoms with Gasteiger partial charge in [-0.05, 0) is 246 Å². The van der Waals surface area contributed by atoms with Crippen LogP contribution in [0.1, 0.15) is 90.9 Å². The van der Waals surface area contributed by atoms with Crippen LogP contribution in [0, 0.1) is 0 Å². The smallest absolute Gasteiger partial charge is 0.0623 e. The molecule has 4 heterocycles. The molecule has 109 heavy (non-hydrogen) atoms. The van der Waals surface area contributed by atoms with Gasteiger partial charge in [-0.25, -0.2) is 0 Å². The van der Waals surface area contributed by atoms with Crippen molar-refractivity contribution in [3.05, 3.63) is 350 Å². The van der Waals surface area contributed by atoms with Gasteiger partial charge in [0, 0.05) is 101 Å². The van der Waals surface area contributed by atoms with Crippen LogP contribution in [0.4, 0.5) is 34.1 Å². The Balaban J connectivity index is 0.000000145. The number of para-hydroxylation sites is 4. The summed E-state index contributed by atoms with van der Waals surface area (Å²) >= 11 is 0. The molecule has 6 heteroatoms. The van der Waals surface area contributed by atoms with E-state index in [-0.39, 0.29) is 10.8 Å². The van der Waals surface area contributed by atoms with Gasteiger partial charge in [-0.1, -0.05) is 217 Å². The Bertz CT molecular complexity index is 7100. The lowest BCUT2D eigenvalue weighted by Gasteiger charge is -2.36. The van der Waals surface area contributed by atoms with E-state index in [0.29, 0.717) is 18.0 Å². The first-order valence-electron chi connectivity index (χ1n) is 39.5. The number of hydrogen-bond donors (Lipinski definition) is 0. The predicted molar refractivity (Wildman–Crippen MR) is 462 cm³/mol. The topological polar surface area (TPSA) is 42.1 Å². The number of rotatable bonds is 11. The van der Waals surface area contributed by atoms with E-state index in [1.165, 1.54) is 170 Å². The van der Waals surface area contributed by atoms with Crippen molar-refractivity contribution in [1.82, 2.24) is 19.1 Å². The molecular formula is C103H80N6. The Kier molecular flexibility index (Phi) is 14.2. The minimum Gasteiger partial charge on any atom is -0.310 e. The molecule has 0 saturated carbocycles. The van der Waals surface area contributed by atoms with E-state index >= 15 is 0 Å². The maximum Gasteiger partial charge on any atom is 0.0623 e. The van der Waals surface area contributed by atoms with Gasteiger partial charge in [-0.3, -0.25) is 9.97 Å². The van der Waals surface area contributed by atoms with Crippen molar-refractivity contribution < 1.29 is 2.74 Å². The second-order valence-corrected chi connectivity index (χ2v) is 31.8. The van der Waals surface area contributed by atoms with E-state index in [1.807, 2.05) is 85.5 Å². The third kappa shape index (κ3) is 10.1. The number of nitrogens with zero attached hydrogens (tertiary/aromatic N) is 6. The van der Waals surface area contributed by atoms with Gasteiger partial charge in [-0.2, -0.15) is 0 Å². The van der Waals surface area contributed by atoms with Crippen LogP contribution in [0.25, 0.3) is 142 Å². The molecule has 0 N–H and O–H groups in total. The van der Waals surface area contributed by atoms with Crippen molar-refractivity contribution in [2.45, 2.75) is 84.0 Å². The van der Waals surface area contributed by atoms with Crippen molar-refractivity contribution in [3.8, 4) is 33.6 Å². The normalized spacial score (nSPS) is 14.1. The van der Waals surface area contributed by atoms with Crippen LogP contribution >= 0.6 is 0 Å². The average molecular weight is 1400 g/mol. The molecule has 20 aromatic rings. The third-order valence-corrected chi connectivity index (χ3v) is 24.4. The van der Waals surface area contributed by atoms with Crippen LogP contribution in [0.2, 0.25) is 0 Å². The first-order valence-corrected chi connectivity index (χ1v) is 38.5. The van der Waals surface area contributed by atoms with Gasteiger partial charge in [-0.15, -0.1) is 0 Å². The predicted octanol–water partition coefficient (Wildman–Crippen LogP) is 28.0. The SMILES string of the molecule is CC(C)c1cc(-n2c3ccccc3c3cc(-c4ccccc4)ccc32)c2cc3c4c(cc(-n5c6ccccc6c6cc(-c7ccccc7)ccc65)c5ccc1c2c54)CCC3(C)C.[2H]c1ccc(N(c2ccncc2)c2ccc3ccc4c(N(c5ccncc5)c5ccc([2H])cc5)cc5c6c(cc2c3c46)C(C)(C)CC5)cc1. The highest BCUT2D eigenvalue weighted by atomic mass is 15.2. The van der Waals surface area contributed by atoms with Crippen molar-refractivity contribution in [2.75, 3.05) is 9.80 Å². The molecule has 0 amide bonds. The lowest BCUT2D eigenvalue weighted by Crippen LogP contribution is -2.24. The van der Waals surface area contributed by atoms with Crippen LogP contribution in [-0.2, 0) is 23.7 Å². The molecule has 0 bridgehead atoms. The Hall–Kier alpha value is -12.9. The van der Waals surface area contributed by atoms with Crippen LogP contribution in [-0.4, -0.2) is 19.1 Å². The molecule has 0 fully saturated rings. The monoisotopic (exact) mass is 1400 g/mol. The van der Waals surface area contributed by atoms with Crippen LogP contribution < -0.4 is 9.80 Å². The van der Waals surface area contributed by atoms with Crippen LogP contribution in [0.15, 0.2) is 322 Å². The molecule has 4 aromatic heterocycles. The molecule has 2 aliphatic carbocycles. The second-order valence-electron chi connectivity index (χ2n) is 31.8. The molecule has 0 radical (unpaired) electrons. The van der Waals surface area contributed by atoms with Gasteiger partial charge in [0.15, 0.2) is 0 Å². The summed E-state index contributed by atoms with van der Waals surface area (Å²) in [6.07, 6.45) is 11.6. The fraction of sp³-hybridized carbons (Fsp3) is 0.126. The van der Waals surface area contributed by atoms with Gasteiger partial charge in [0.2, 0.25) is 0 Å². The summed E-state index contributed by atoms with van der Waals surface area (Å²) < 4.78 is 21.5. The largest absolute Gasteiger partial charge is 0.310 e. The summed E-state index contributed by atoms with van der Waals surface area (Å²) in [5.74, 6) is 0.329. The summed E-state index contributed by atoms with van der Waals surface area (Å²) in [5, 5.41) is 20.9. The van der Waals surface area contributed by atoms with Gasteiger partial charge in [0.05, 0.1) is 47.6 Å². The molecule has 0 aliphatic heterocycles. The standard InChI is InChI=1S/C60H46N2.C43H34N4/c1-36(2)46-35-56(62-52-22-14-12-20-43(52)48-32-40(24-28-54(48)62)38-17-9-6-10-18-38)49-34-50-57-41(29-30-60(50,3)4)33-55(45-26-25-44(46)58(49)59(45)57)61-51-21-13-11-19-42(51)47-31-39(23-27-53(47)61)37-15-7-5-8-16-37;1-43(2)22-17-30-27-39(47(32-11-7-4-8-12-32)34-20-25-45-26-21-34)35-15-13-29-14-16-38(36-28-37(43)41(30)42(35)40(29)36)46(31-9-5-3-6-10-31)33-18-23-44-24-19-33/h5-28,31-36H,29-30H2,1-4H3;3-16,18-21,23-28H,17,22H2,1-2H3/i;3D,4D. The Morgan fingerprint density at radius 3 is 1.33 bits per heavy atom. The Morgan fingerprint density at radius 2 is 0.780 bits per heavy atom. The maximum absolute atomic E-state index is 8.19. The van der Waals surface area contributed by atoms with E-state index in [4.69, 9.17) is 2.74 Å². The molecule has 0 saturated heterocycles. The molecule has 22 rings (SSSR count). The fourth-order valence-electron chi connectivity index (χ4n) is 19.1. The maximum atomic E-state index is 8.19. The second kappa shape index (κ2) is 24.8. The number of pyridine rings is 2. The number of hydrogen-bond acceptors (Lipinski definition) is 4. The van der Waals surface area contributed by atoms with Crippen molar-refractivity contribution in [1.29, 1.82) is 0 Å². The van der Waals surface area contributed by atoms with E-state index in [0.717, 1.165) is 59.8 Å². The highest BCUT2D eigenvalue weighted by Gasteiger charge is 2.36. The number of aryl methyl sites for hydroxylation is 2. The zero-order valence-electron chi connectivity index (χ0n) is 64.0. The van der Waals surface area contributed by atoms with E-state index in [1.54, 1.807) is 0 Å². The Labute approximate surface area is 637 Å². The van der Waals surface area contributed by atoms with E-state index in [9.17, 15) is 0 Å². The van der Waals surface area contributed by atoms with Gasteiger partial charge in [0.1, 0.15) is 0 Å². The lowest BCUT2D eigenvalue weighted by molar-refractivity contribution is 0.475. The van der Waals surface area contributed by atoms with Crippen molar-refractivity contribution in [3.63, 3.8) is 0 Å². The third-order valence-electron chi connectivity index (χ3n) is 24.4. The summed E-state index contributed by atoms with van der Waals surface area (Å²) in [4.78, 5) is 13.3. The fourth-order valence-corrected chi connectivity index (χ4v) is 19.1. The number of aromatic nitrogens is 4. The van der Waals surface area contributed by atoms with Crippen molar-refractivity contribution in [2.24, 2.45) is 0 Å². The molecule has 0 unspecified atom stereocenters. The molecule has 522 valence electrons. The molecule has 16 aromatic carbocycles. The van der Waals surface area contributed by atoms with Crippen molar-refractivity contribution >= 4 is 142 Å². The van der Waals surface area contributed by atoms with E-state index in [2.05, 4.69) is 295 Å². The highest BCUT2D eigenvalue weighted by molar-refractivity contribution is 6.31. The molecule has 6 nitrogen and oxygen atoms in total. The highest BCUT2D eigenvalue weighted by Crippen LogP contribution is 2.56. The van der Waals surface area contributed by atoms with Gasteiger partial charge < -0.3 is 18.9 Å². The molecular weight excluding hydrogens is 1320 g/mol. The average Bonchev–Trinajstić information content (AvgIpc) is 1.46. The quantitative estimate of drug-likeness (QED) is 0.121. The van der Waals surface area contributed by atoms with Crippen LogP contribution in [0.3, 0.4) is 0 Å². The number of fused-ring (bicyclic) bond motifs is 6. The first kappa shape index (κ1) is 62.3. The summed E-state index contributed by atoms with van der Waals surface area (Å²) in [6, 6.07) is 105. The lowest BCUT2D eigenvalue weighted by atomic mass is 9.70. The Morgan fingerprint density at radius 1 is 0.330 bits per heavy atom. The molecule has 2 aliphatic rings. The zero-order valence-corrected chi connectivity index (χ0v) is 62.0. The summed E-state index contributed by atoms with van der Waals surface area (Å²) in [7, 11) is 0. The first-order chi connectivity index (χ1) is 54.2. The zero-order chi connectivity index (χ0) is 74.7. The minimum atomic E-state index is -0.0163. The van der Waals surface area contributed by atoms with E-state index < -0.39 is 0 Å².